The van der Waals surface area contributed by atoms with Gasteiger partial charge in [0.15, 0.2) is 6.61 Å². The average Bonchev–Trinajstić information content (AvgIpc) is 2.36. The number of halogens is 2. The van der Waals surface area contributed by atoms with Crippen LogP contribution in [0.15, 0.2) is 22.7 Å². The summed E-state index contributed by atoms with van der Waals surface area (Å²) < 4.78 is 6.53. The second kappa shape index (κ2) is 10.0. The number of amides is 1. The Kier molecular flexibility index (Phi) is 9.67. The number of carbonyl (C=O) groups excluding carboxylic acids is 1. The van der Waals surface area contributed by atoms with Gasteiger partial charge in [0.25, 0.3) is 5.91 Å². The van der Waals surface area contributed by atoms with E-state index in [-0.39, 0.29) is 37.1 Å². The summed E-state index contributed by atoms with van der Waals surface area (Å²) in [7, 11) is 0. The van der Waals surface area contributed by atoms with Crippen molar-refractivity contribution in [2.45, 2.75) is 32.9 Å². The lowest BCUT2D eigenvalue weighted by atomic mass is 10.1. The quantitative estimate of drug-likeness (QED) is 0.619. The molecule has 0 unspecified atom stereocenters. The molecule has 0 spiro atoms. The topological polar surface area (TPSA) is 70.6 Å². The summed E-state index contributed by atoms with van der Waals surface area (Å²) in [6.45, 7) is 6.91. The number of aliphatic hydroxyl groups is 1. The molecule has 0 aromatic heterocycles. The number of ether oxygens (including phenoxy) is 1. The van der Waals surface area contributed by atoms with Gasteiger partial charge in [-0.25, -0.2) is 0 Å². The fourth-order valence-corrected chi connectivity index (χ4v) is 2.14. The van der Waals surface area contributed by atoms with E-state index in [1.807, 2.05) is 39.0 Å². The first kappa shape index (κ1) is 21.2. The summed E-state index contributed by atoms with van der Waals surface area (Å²) in [6, 6.07) is 5.62. The highest BCUT2D eigenvalue weighted by atomic mass is 79.9. The van der Waals surface area contributed by atoms with Crippen molar-refractivity contribution in [3.63, 3.8) is 0 Å². The van der Waals surface area contributed by atoms with Crippen molar-refractivity contribution in [1.82, 2.24) is 10.6 Å². The molecule has 0 saturated carbocycles. The standard InChI is InChI=1S/C15H23BrN2O3.ClH/c1-15(2,3)18-14(20)10-21-13-5-4-12(16)8-11(13)9-17-6-7-19;/h4-5,8,17,19H,6-7,9-10H2,1-3H3,(H,18,20);1H. The Balaban J connectivity index is 0.00000441. The number of hydrogen-bond acceptors (Lipinski definition) is 4. The average molecular weight is 396 g/mol. The predicted molar refractivity (Wildman–Crippen MR) is 93.6 cm³/mol. The van der Waals surface area contributed by atoms with Gasteiger partial charge in [-0.05, 0) is 39.0 Å². The molecule has 0 heterocycles. The van der Waals surface area contributed by atoms with Crippen LogP contribution in [-0.2, 0) is 11.3 Å². The molecule has 1 aromatic carbocycles. The molecule has 0 saturated heterocycles. The molecular weight excluding hydrogens is 372 g/mol. The van der Waals surface area contributed by atoms with E-state index in [1.165, 1.54) is 0 Å². The second-order valence-corrected chi connectivity index (χ2v) is 6.65. The molecule has 1 aromatic rings. The monoisotopic (exact) mass is 394 g/mol. The molecule has 1 rings (SSSR count). The zero-order valence-electron chi connectivity index (χ0n) is 13.1. The minimum absolute atomic E-state index is 0. The van der Waals surface area contributed by atoms with Gasteiger partial charge in [-0.15, -0.1) is 12.4 Å². The summed E-state index contributed by atoms with van der Waals surface area (Å²) in [5, 5.41) is 14.7. The second-order valence-electron chi connectivity index (χ2n) is 5.74. The van der Waals surface area contributed by atoms with Crippen LogP contribution in [0.3, 0.4) is 0 Å². The molecular formula is C15H24BrClN2O3. The van der Waals surface area contributed by atoms with Gasteiger partial charge in [0, 0.05) is 28.7 Å². The summed E-state index contributed by atoms with van der Waals surface area (Å²) in [5.74, 6) is 0.507. The van der Waals surface area contributed by atoms with Crippen molar-refractivity contribution in [1.29, 1.82) is 0 Å². The van der Waals surface area contributed by atoms with Crippen LogP contribution in [-0.4, -0.2) is 36.3 Å². The molecule has 0 radical (unpaired) electrons. The van der Waals surface area contributed by atoms with E-state index in [2.05, 4.69) is 26.6 Å². The molecule has 5 nitrogen and oxygen atoms in total. The minimum atomic E-state index is -0.272. The highest BCUT2D eigenvalue weighted by molar-refractivity contribution is 9.10. The third-order valence-electron chi connectivity index (χ3n) is 2.50. The van der Waals surface area contributed by atoms with Gasteiger partial charge in [0.2, 0.25) is 0 Å². The minimum Gasteiger partial charge on any atom is -0.483 e. The van der Waals surface area contributed by atoms with Crippen LogP contribution in [0, 0.1) is 0 Å². The van der Waals surface area contributed by atoms with Crippen LogP contribution in [0.1, 0.15) is 26.3 Å². The molecule has 0 aliphatic rings. The normalized spacial score (nSPS) is 10.8. The zero-order valence-corrected chi connectivity index (χ0v) is 15.5. The van der Waals surface area contributed by atoms with E-state index in [4.69, 9.17) is 9.84 Å². The summed E-state index contributed by atoms with van der Waals surface area (Å²) in [5.41, 5.74) is 0.660. The fourth-order valence-electron chi connectivity index (χ4n) is 1.73. The molecule has 0 atom stereocenters. The van der Waals surface area contributed by atoms with E-state index in [0.29, 0.717) is 18.8 Å². The highest BCUT2D eigenvalue weighted by Gasteiger charge is 2.14. The van der Waals surface area contributed by atoms with E-state index < -0.39 is 0 Å². The lowest BCUT2D eigenvalue weighted by molar-refractivity contribution is -0.124. The van der Waals surface area contributed by atoms with Gasteiger partial charge in [-0.3, -0.25) is 4.79 Å². The number of rotatable bonds is 7. The lowest BCUT2D eigenvalue weighted by Gasteiger charge is -2.21. The third-order valence-corrected chi connectivity index (χ3v) is 2.99. The van der Waals surface area contributed by atoms with Crippen LogP contribution in [0.5, 0.6) is 5.75 Å². The first-order chi connectivity index (χ1) is 9.81. The Morgan fingerprint density at radius 3 is 2.64 bits per heavy atom. The number of carbonyl (C=O) groups is 1. The third kappa shape index (κ3) is 8.58. The molecule has 0 fully saturated rings. The predicted octanol–water partition coefficient (Wildman–Crippen LogP) is 2.25. The molecule has 1 amide bonds. The Morgan fingerprint density at radius 1 is 1.36 bits per heavy atom. The van der Waals surface area contributed by atoms with Crippen LogP contribution in [0.2, 0.25) is 0 Å². The van der Waals surface area contributed by atoms with E-state index >= 15 is 0 Å². The Bertz CT molecular complexity index is 478. The lowest BCUT2D eigenvalue weighted by Crippen LogP contribution is -2.43. The van der Waals surface area contributed by atoms with Crippen LogP contribution < -0.4 is 15.4 Å². The van der Waals surface area contributed by atoms with Gasteiger partial charge >= 0.3 is 0 Å². The van der Waals surface area contributed by atoms with E-state index in [9.17, 15) is 4.79 Å². The molecule has 7 heteroatoms. The van der Waals surface area contributed by atoms with Crippen molar-refractivity contribution in [3.8, 4) is 5.75 Å². The van der Waals surface area contributed by atoms with Crippen molar-refractivity contribution < 1.29 is 14.6 Å². The zero-order chi connectivity index (χ0) is 15.9. The molecule has 22 heavy (non-hydrogen) atoms. The maximum absolute atomic E-state index is 11.8. The fraction of sp³-hybridized carbons (Fsp3) is 0.533. The van der Waals surface area contributed by atoms with E-state index in [1.54, 1.807) is 0 Å². The van der Waals surface area contributed by atoms with Gasteiger partial charge in [0.05, 0.1) is 6.61 Å². The molecule has 0 aliphatic carbocycles. The number of aliphatic hydroxyl groups excluding tert-OH is 1. The highest BCUT2D eigenvalue weighted by Crippen LogP contribution is 2.23. The maximum Gasteiger partial charge on any atom is 0.258 e. The van der Waals surface area contributed by atoms with Crippen LogP contribution in [0.25, 0.3) is 0 Å². The van der Waals surface area contributed by atoms with Crippen molar-refractivity contribution in [3.05, 3.63) is 28.2 Å². The van der Waals surface area contributed by atoms with E-state index in [0.717, 1.165) is 10.0 Å². The SMILES string of the molecule is CC(C)(C)NC(=O)COc1ccc(Br)cc1CNCCO.Cl. The van der Waals surface area contributed by atoms with Gasteiger partial charge in [-0.1, -0.05) is 15.9 Å². The van der Waals surface area contributed by atoms with Gasteiger partial charge in [-0.2, -0.15) is 0 Å². The largest absolute Gasteiger partial charge is 0.483 e. The smallest absolute Gasteiger partial charge is 0.258 e. The number of benzene rings is 1. The first-order valence-corrected chi connectivity index (χ1v) is 7.65. The van der Waals surface area contributed by atoms with Crippen molar-refractivity contribution in [2.24, 2.45) is 0 Å². The Hall–Kier alpha value is -0.820. The molecule has 126 valence electrons. The first-order valence-electron chi connectivity index (χ1n) is 6.85. The van der Waals surface area contributed by atoms with Gasteiger partial charge in [0.1, 0.15) is 5.75 Å². The van der Waals surface area contributed by atoms with Gasteiger partial charge < -0.3 is 20.5 Å². The summed E-state index contributed by atoms with van der Waals surface area (Å²) in [6.07, 6.45) is 0. The van der Waals surface area contributed by atoms with Crippen molar-refractivity contribution in [2.75, 3.05) is 19.8 Å². The summed E-state index contributed by atoms with van der Waals surface area (Å²) in [4.78, 5) is 11.8. The van der Waals surface area contributed by atoms with Crippen LogP contribution in [0.4, 0.5) is 0 Å². The molecule has 0 bridgehead atoms. The number of nitrogens with one attached hydrogen (secondary N) is 2. The molecule has 0 aliphatic heterocycles. The van der Waals surface area contributed by atoms with Crippen LogP contribution >= 0.6 is 28.3 Å². The Labute approximate surface area is 146 Å². The maximum atomic E-state index is 11.8. The Morgan fingerprint density at radius 2 is 2.05 bits per heavy atom. The number of hydrogen-bond donors (Lipinski definition) is 3. The van der Waals surface area contributed by atoms with Crippen molar-refractivity contribution >= 4 is 34.2 Å². The summed E-state index contributed by atoms with van der Waals surface area (Å²) >= 11 is 3.41. The molecule has 3 N–H and O–H groups in total.